The molecule has 1 spiro atoms. The van der Waals surface area contributed by atoms with Crippen LogP contribution in [0.3, 0.4) is 0 Å². The second-order valence-corrected chi connectivity index (χ2v) is 12.5. The van der Waals surface area contributed by atoms with E-state index in [-0.39, 0.29) is 42.8 Å². The van der Waals surface area contributed by atoms with Gasteiger partial charge in [-0.2, -0.15) is 0 Å². The van der Waals surface area contributed by atoms with Crippen molar-refractivity contribution >= 4 is 15.9 Å². The van der Waals surface area contributed by atoms with Gasteiger partial charge in [-0.05, 0) is 42.5 Å². The lowest BCUT2D eigenvalue weighted by molar-refractivity contribution is -0.157. The lowest BCUT2D eigenvalue weighted by atomic mass is 9.91. The van der Waals surface area contributed by atoms with Gasteiger partial charge in [0.1, 0.15) is 17.7 Å². The number of nitrogens with one attached hydrogen (secondary N) is 1. The van der Waals surface area contributed by atoms with Gasteiger partial charge in [-0.1, -0.05) is 30.3 Å². The third kappa shape index (κ3) is 3.94. The Hall–Kier alpha value is -2.43. The number of rotatable bonds is 7. The van der Waals surface area contributed by atoms with Crippen LogP contribution >= 0.6 is 0 Å². The topological polar surface area (TPSA) is 75.7 Å². The zero-order valence-electron chi connectivity index (χ0n) is 19.6. The van der Waals surface area contributed by atoms with Gasteiger partial charge in [-0.25, -0.2) is 26.3 Å². The standard InChI is InChI=1S/C26H27F3N2O4S/c27-18-12-17(22(28)19(14-18)16-4-2-1-3-5-16)13-20-23(30-36(33,34)26(29)9-10-26)25(7-8-25)15-31(20)24(32)21-6-11-35-21/h1-5,12,14,20-21,23,30H,6-11,13,15H2/t20-,21+,23+/m0/s1. The lowest BCUT2D eigenvalue weighted by Gasteiger charge is -2.34. The predicted molar refractivity (Wildman–Crippen MR) is 126 cm³/mol. The summed E-state index contributed by atoms with van der Waals surface area (Å²) in [5, 5.41) is -2.31. The molecule has 2 aromatic carbocycles. The summed E-state index contributed by atoms with van der Waals surface area (Å²) < 4.78 is 78.8. The van der Waals surface area contributed by atoms with Gasteiger partial charge in [0.05, 0.1) is 12.6 Å². The summed E-state index contributed by atoms with van der Waals surface area (Å²) in [6.45, 7) is 0.727. The first-order valence-electron chi connectivity index (χ1n) is 12.3. The molecule has 2 aliphatic heterocycles. The fraction of sp³-hybridized carbons (Fsp3) is 0.500. The van der Waals surface area contributed by atoms with Crippen LogP contribution in [0, 0.1) is 17.0 Å². The molecule has 192 valence electrons. The lowest BCUT2D eigenvalue weighted by Crippen LogP contribution is -2.54. The van der Waals surface area contributed by atoms with E-state index in [9.17, 15) is 22.0 Å². The minimum Gasteiger partial charge on any atom is -0.368 e. The second kappa shape index (κ2) is 8.29. The predicted octanol–water partition coefficient (Wildman–Crippen LogP) is 3.70. The number of carbonyl (C=O) groups is 1. The summed E-state index contributed by atoms with van der Waals surface area (Å²) in [6, 6.07) is 9.17. The number of sulfonamides is 1. The van der Waals surface area contributed by atoms with Crippen molar-refractivity contribution in [2.75, 3.05) is 13.2 Å². The monoisotopic (exact) mass is 520 g/mol. The molecule has 0 aromatic heterocycles. The highest BCUT2D eigenvalue weighted by atomic mass is 32.2. The van der Waals surface area contributed by atoms with E-state index in [1.807, 2.05) is 0 Å². The molecule has 0 radical (unpaired) electrons. The number of hydrogen-bond acceptors (Lipinski definition) is 4. The Morgan fingerprint density at radius 3 is 2.39 bits per heavy atom. The Labute approximate surface area is 207 Å². The van der Waals surface area contributed by atoms with Crippen LogP contribution in [-0.2, 0) is 26.0 Å². The van der Waals surface area contributed by atoms with Crippen molar-refractivity contribution in [3.05, 3.63) is 59.7 Å². The number of nitrogens with zero attached hydrogens (tertiary/aromatic N) is 1. The van der Waals surface area contributed by atoms with Crippen molar-refractivity contribution in [3.63, 3.8) is 0 Å². The number of ether oxygens (including phenoxy) is 1. The molecule has 2 heterocycles. The maximum atomic E-state index is 15.7. The normalized spacial score (nSPS) is 27.6. The van der Waals surface area contributed by atoms with Crippen molar-refractivity contribution in [1.82, 2.24) is 9.62 Å². The van der Waals surface area contributed by atoms with Crippen LogP contribution in [0.25, 0.3) is 11.1 Å². The molecular weight excluding hydrogens is 493 g/mol. The number of hydrogen-bond donors (Lipinski definition) is 1. The maximum absolute atomic E-state index is 15.7. The first kappa shape index (κ1) is 23.9. The highest BCUT2D eigenvalue weighted by molar-refractivity contribution is 7.91. The van der Waals surface area contributed by atoms with Gasteiger partial charge in [0.2, 0.25) is 15.0 Å². The van der Waals surface area contributed by atoms with Gasteiger partial charge in [-0.3, -0.25) is 4.79 Å². The zero-order chi connectivity index (χ0) is 25.3. The summed E-state index contributed by atoms with van der Waals surface area (Å²) in [7, 11) is -4.31. The largest absolute Gasteiger partial charge is 0.368 e. The van der Waals surface area contributed by atoms with Crippen molar-refractivity contribution in [2.24, 2.45) is 5.41 Å². The zero-order valence-corrected chi connectivity index (χ0v) is 20.4. The fourth-order valence-electron chi connectivity index (χ4n) is 5.55. The number of benzene rings is 2. The van der Waals surface area contributed by atoms with Gasteiger partial charge in [0, 0.05) is 42.8 Å². The number of alkyl halides is 1. The van der Waals surface area contributed by atoms with Gasteiger partial charge < -0.3 is 9.64 Å². The molecule has 2 saturated carbocycles. The molecule has 1 N–H and O–H groups in total. The van der Waals surface area contributed by atoms with E-state index >= 15 is 4.39 Å². The third-order valence-corrected chi connectivity index (χ3v) is 10.0. The van der Waals surface area contributed by atoms with Crippen molar-refractivity contribution in [2.45, 2.75) is 61.7 Å². The number of amides is 1. The molecule has 1 amide bonds. The molecule has 2 saturated heterocycles. The molecule has 0 bridgehead atoms. The first-order valence-corrected chi connectivity index (χ1v) is 13.8. The van der Waals surface area contributed by atoms with Crippen LogP contribution in [0.1, 0.15) is 37.7 Å². The quantitative estimate of drug-likeness (QED) is 0.604. The average Bonchev–Trinajstić information content (AvgIpc) is 3.72. The average molecular weight is 521 g/mol. The Bertz CT molecular complexity index is 1310. The van der Waals surface area contributed by atoms with Crippen LogP contribution < -0.4 is 4.72 Å². The SMILES string of the molecule is O=C([C@H]1CCO1)N1CC2(CC2)[C@H](NS(=O)(=O)C2(F)CC2)[C@@H]1Cc1cc(F)cc(-c2ccccc2)c1F. The maximum Gasteiger partial charge on any atom is 0.252 e. The van der Waals surface area contributed by atoms with Gasteiger partial charge >= 0.3 is 0 Å². The highest BCUT2D eigenvalue weighted by Crippen LogP contribution is 2.57. The molecule has 6 rings (SSSR count). The summed E-state index contributed by atoms with van der Waals surface area (Å²) in [5.74, 6) is -1.56. The Morgan fingerprint density at radius 2 is 1.81 bits per heavy atom. The number of carbonyl (C=O) groups excluding carboxylic acids is 1. The van der Waals surface area contributed by atoms with Crippen molar-refractivity contribution in [3.8, 4) is 11.1 Å². The van der Waals surface area contributed by atoms with E-state index in [0.29, 0.717) is 31.4 Å². The number of likely N-dealkylation sites (tertiary alicyclic amines) is 1. The van der Waals surface area contributed by atoms with Crippen molar-refractivity contribution in [1.29, 1.82) is 0 Å². The Kier molecular flexibility index (Phi) is 5.51. The van der Waals surface area contributed by atoms with Crippen LogP contribution in [-0.4, -0.2) is 55.6 Å². The van der Waals surface area contributed by atoms with E-state index < -0.39 is 50.3 Å². The minimum absolute atomic E-state index is 0.0365. The van der Waals surface area contributed by atoms with Crippen LogP contribution in [0.15, 0.2) is 42.5 Å². The molecule has 36 heavy (non-hydrogen) atoms. The number of halogens is 3. The Balaban J connectivity index is 1.38. The summed E-state index contributed by atoms with van der Waals surface area (Å²) in [6.07, 6.45) is 0.959. The van der Waals surface area contributed by atoms with E-state index in [1.165, 1.54) is 0 Å². The molecule has 0 unspecified atom stereocenters. The van der Waals surface area contributed by atoms with E-state index in [2.05, 4.69) is 4.72 Å². The van der Waals surface area contributed by atoms with E-state index in [0.717, 1.165) is 12.1 Å². The molecule has 3 atom stereocenters. The van der Waals surface area contributed by atoms with E-state index in [4.69, 9.17) is 4.74 Å². The van der Waals surface area contributed by atoms with Crippen LogP contribution in [0.2, 0.25) is 0 Å². The molecular formula is C26H27F3N2O4S. The molecule has 4 fully saturated rings. The molecule has 10 heteroatoms. The Morgan fingerprint density at radius 1 is 1.11 bits per heavy atom. The molecule has 4 aliphatic rings. The van der Waals surface area contributed by atoms with Gasteiger partial charge in [-0.15, -0.1) is 0 Å². The van der Waals surface area contributed by atoms with Crippen molar-refractivity contribution < 1.29 is 31.1 Å². The van der Waals surface area contributed by atoms with Crippen LogP contribution in [0.5, 0.6) is 0 Å². The van der Waals surface area contributed by atoms with Gasteiger partial charge in [0.25, 0.3) is 5.91 Å². The highest BCUT2D eigenvalue weighted by Gasteiger charge is 2.65. The fourth-order valence-corrected chi connectivity index (χ4v) is 7.14. The molecule has 2 aromatic rings. The second-order valence-electron chi connectivity index (χ2n) is 10.5. The van der Waals surface area contributed by atoms with Gasteiger partial charge in [0.15, 0.2) is 0 Å². The summed E-state index contributed by atoms with van der Waals surface area (Å²) in [5.41, 5.74) is 0.0771. The molecule has 2 aliphatic carbocycles. The summed E-state index contributed by atoms with van der Waals surface area (Å²) in [4.78, 5) is 14.8. The van der Waals surface area contributed by atoms with E-state index in [1.54, 1.807) is 35.2 Å². The third-order valence-electron chi connectivity index (χ3n) is 8.11. The molecule has 6 nitrogen and oxygen atoms in total. The van der Waals surface area contributed by atoms with Crippen LogP contribution in [0.4, 0.5) is 13.2 Å². The first-order chi connectivity index (χ1) is 17.1. The smallest absolute Gasteiger partial charge is 0.252 e. The summed E-state index contributed by atoms with van der Waals surface area (Å²) >= 11 is 0. The minimum atomic E-state index is -4.31.